The molecule has 0 unspecified atom stereocenters. The molecule has 2 rings (SSSR count). The van der Waals surface area contributed by atoms with Gasteiger partial charge in [-0.1, -0.05) is 50.1 Å². The molecule has 0 radical (unpaired) electrons. The topological polar surface area (TPSA) is 49.8 Å². The molecular weight excluding hydrogens is 266 g/mol. The molecule has 4 nitrogen and oxygen atoms in total. The quantitative estimate of drug-likeness (QED) is 0.874. The number of aliphatic hydroxyl groups is 1. The minimum absolute atomic E-state index is 0.0169. The number of hydrogen-bond donors (Lipinski definition) is 1. The standard InChI is InChI=1S/C17H25NO3/c1-2-3-9-15-10-11-16(12-19)18(15)17(20)21-13-14-7-5-4-6-8-14/h4-8,15-16,19H,2-3,9-13H2,1H3/t15-,16+/m0/s1. The number of aliphatic hydroxyl groups excluding tert-OH is 1. The number of unbranched alkanes of at least 4 members (excludes halogenated alkanes) is 1. The van der Waals surface area contributed by atoms with Crippen LogP contribution in [0.4, 0.5) is 4.79 Å². The van der Waals surface area contributed by atoms with Crippen molar-refractivity contribution in [2.45, 2.75) is 57.7 Å². The lowest BCUT2D eigenvalue weighted by molar-refractivity contribution is 0.0632. The Kier molecular flexibility index (Phi) is 6.05. The van der Waals surface area contributed by atoms with Gasteiger partial charge in [-0.25, -0.2) is 4.79 Å². The number of nitrogens with zero attached hydrogens (tertiary/aromatic N) is 1. The normalized spacial score (nSPS) is 21.5. The molecule has 1 heterocycles. The summed E-state index contributed by atoms with van der Waals surface area (Å²) in [4.78, 5) is 14.1. The zero-order valence-electron chi connectivity index (χ0n) is 12.7. The van der Waals surface area contributed by atoms with Gasteiger partial charge in [0.1, 0.15) is 6.61 Å². The van der Waals surface area contributed by atoms with Crippen LogP contribution in [0.2, 0.25) is 0 Å². The lowest BCUT2D eigenvalue weighted by Crippen LogP contribution is -2.43. The van der Waals surface area contributed by atoms with Crippen molar-refractivity contribution in [2.75, 3.05) is 6.61 Å². The Bertz CT molecular complexity index is 435. The van der Waals surface area contributed by atoms with E-state index < -0.39 is 0 Å². The molecule has 0 spiro atoms. The van der Waals surface area contributed by atoms with Crippen molar-refractivity contribution in [3.8, 4) is 0 Å². The average Bonchev–Trinajstić information content (AvgIpc) is 2.94. The summed E-state index contributed by atoms with van der Waals surface area (Å²) in [5, 5.41) is 9.46. The van der Waals surface area contributed by atoms with E-state index in [-0.39, 0.29) is 31.4 Å². The first-order chi connectivity index (χ1) is 10.3. The van der Waals surface area contributed by atoms with Crippen LogP contribution in [0.1, 0.15) is 44.6 Å². The highest BCUT2D eigenvalue weighted by molar-refractivity contribution is 5.69. The van der Waals surface area contributed by atoms with Crippen LogP contribution in [0, 0.1) is 0 Å². The molecule has 21 heavy (non-hydrogen) atoms. The van der Waals surface area contributed by atoms with E-state index in [1.54, 1.807) is 4.90 Å². The predicted molar refractivity (Wildman–Crippen MR) is 81.9 cm³/mol. The first-order valence-corrected chi connectivity index (χ1v) is 7.86. The second kappa shape index (κ2) is 8.03. The summed E-state index contributed by atoms with van der Waals surface area (Å²) in [5.74, 6) is 0. The van der Waals surface area contributed by atoms with E-state index >= 15 is 0 Å². The molecule has 0 bridgehead atoms. The summed E-state index contributed by atoms with van der Waals surface area (Å²) in [6, 6.07) is 9.80. The maximum Gasteiger partial charge on any atom is 0.410 e. The first-order valence-electron chi connectivity index (χ1n) is 7.86. The van der Waals surface area contributed by atoms with E-state index in [1.807, 2.05) is 30.3 Å². The second-order valence-electron chi connectivity index (χ2n) is 5.66. The van der Waals surface area contributed by atoms with Gasteiger partial charge in [-0.05, 0) is 24.8 Å². The monoisotopic (exact) mass is 291 g/mol. The number of benzene rings is 1. The predicted octanol–water partition coefficient (Wildman–Crippen LogP) is 3.34. The molecule has 116 valence electrons. The second-order valence-corrected chi connectivity index (χ2v) is 5.66. The van der Waals surface area contributed by atoms with Crippen LogP contribution in [0.3, 0.4) is 0 Å². The highest BCUT2D eigenvalue weighted by atomic mass is 16.6. The van der Waals surface area contributed by atoms with Gasteiger partial charge in [0.25, 0.3) is 0 Å². The van der Waals surface area contributed by atoms with Gasteiger partial charge in [0.05, 0.1) is 12.6 Å². The van der Waals surface area contributed by atoms with Crippen LogP contribution in [0.15, 0.2) is 30.3 Å². The molecule has 1 fully saturated rings. The third-order valence-electron chi connectivity index (χ3n) is 4.14. The molecule has 0 aromatic heterocycles. The van der Waals surface area contributed by atoms with E-state index in [4.69, 9.17) is 4.74 Å². The molecule has 1 aromatic carbocycles. The third kappa shape index (κ3) is 4.21. The first kappa shape index (κ1) is 15.8. The van der Waals surface area contributed by atoms with Crippen LogP contribution >= 0.6 is 0 Å². The maximum atomic E-state index is 12.4. The molecule has 1 saturated heterocycles. The Morgan fingerprint density at radius 2 is 2.00 bits per heavy atom. The molecule has 1 amide bonds. The molecular formula is C17H25NO3. The van der Waals surface area contributed by atoms with Crippen molar-refractivity contribution in [1.29, 1.82) is 0 Å². The van der Waals surface area contributed by atoms with Gasteiger partial charge in [-0.3, -0.25) is 4.90 Å². The summed E-state index contributed by atoms with van der Waals surface area (Å²) in [6.45, 7) is 2.45. The maximum absolute atomic E-state index is 12.4. The largest absolute Gasteiger partial charge is 0.445 e. The van der Waals surface area contributed by atoms with E-state index in [9.17, 15) is 9.90 Å². The van der Waals surface area contributed by atoms with Gasteiger partial charge in [0.15, 0.2) is 0 Å². The summed E-state index contributed by atoms with van der Waals surface area (Å²) >= 11 is 0. The molecule has 1 N–H and O–H groups in total. The zero-order valence-corrected chi connectivity index (χ0v) is 12.7. The number of hydrogen-bond acceptors (Lipinski definition) is 3. The average molecular weight is 291 g/mol. The Hall–Kier alpha value is -1.55. The van der Waals surface area contributed by atoms with Crippen molar-refractivity contribution in [2.24, 2.45) is 0 Å². The minimum Gasteiger partial charge on any atom is -0.445 e. The van der Waals surface area contributed by atoms with E-state index in [0.29, 0.717) is 0 Å². The number of carbonyl (C=O) groups excluding carboxylic acids is 1. The highest BCUT2D eigenvalue weighted by Crippen LogP contribution is 2.28. The SMILES string of the molecule is CCCC[C@H]1CC[C@H](CO)N1C(=O)OCc1ccccc1. The van der Waals surface area contributed by atoms with E-state index in [0.717, 1.165) is 37.7 Å². The molecule has 2 atom stereocenters. The lowest BCUT2D eigenvalue weighted by Gasteiger charge is -2.28. The van der Waals surface area contributed by atoms with Crippen LogP contribution in [-0.2, 0) is 11.3 Å². The van der Waals surface area contributed by atoms with Gasteiger partial charge in [0.2, 0.25) is 0 Å². The fraction of sp³-hybridized carbons (Fsp3) is 0.588. The molecule has 1 aliphatic rings. The Morgan fingerprint density at radius 3 is 2.67 bits per heavy atom. The lowest BCUT2D eigenvalue weighted by atomic mass is 10.1. The summed E-state index contributed by atoms with van der Waals surface area (Å²) in [7, 11) is 0. The van der Waals surface area contributed by atoms with Crippen LogP contribution in [-0.4, -0.2) is 34.8 Å². The Labute approximate surface area is 126 Å². The molecule has 4 heteroatoms. The van der Waals surface area contributed by atoms with Gasteiger partial charge >= 0.3 is 6.09 Å². The van der Waals surface area contributed by atoms with Crippen LogP contribution in [0.5, 0.6) is 0 Å². The summed E-state index contributed by atoms with van der Waals surface area (Å²) in [5.41, 5.74) is 0.982. The zero-order chi connectivity index (χ0) is 15.1. The van der Waals surface area contributed by atoms with Gasteiger partial charge < -0.3 is 9.84 Å². The van der Waals surface area contributed by atoms with Crippen LogP contribution < -0.4 is 0 Å². The van der Waals surface area contributed by atoms with Crippen molar-refractivity contribution in [3.05, 3.63) is 35.9 Å². The van der Waals surface area contributed by atoms with Crippen molar-refractivity contribution < 1.29 is 14.6 Å². The number of carbonyl (C=O) groups is 1. The fourth-order valence-electron chi connectivity index (χ4n) is 2.96. The fourth-order valence-corrected chi connectivity index (χ4v) is 2.96. The van der Waals surface area contributed by atoms with E-state index in [1.165, 1.54) is 0 Å². The summed E-state index contributed by atoms with van der Waals surface area (Å²) < 4.78 is 5.43. The number of rotatable bonds is 6. The number of ether oxygens (including phenoxy) is 1. The number of amides is 1. The molecule has 0 saturated carbocycles. The van der Waals surface area contributed by atoms with Crippen molar-refractivity contribution in [1.82, 2.24) is 4.90 Å². The van der Waals surface area contributed by atoms with Gasteiger partial charge in [-0.2, -0.15) is 0 Å². The van der Waals surface area contributed by atoms with Gasteiger partial charge in [0, 0.05) is 6.04 Å². The van der Waals surface area contributed by atoms with Crippen molar-refractivity contribution in [3.63, 3.8) is 0 Å². The molecule has 0 aliphatic carbocycles. The highest BCUT2D eigenvalue weighted by Gasteiger charge is 2.36. The minimum atomic E-state index is -0.295. The van der Waals surface area contributed by atoms with Gasteiger partial charge in [-0.15, -0.1) is 0 Å². The molecule has 1 aromatic rings. The Morgan fingerprint density at radius 1 is 1.29 bits per heavy atom. The van der Waals surface area contributed by atoms with E-state index in [2.05, 4.69) is 6.92 Å². The third-order valence-corrected chi connectivity index (χ3v) is 4.14. The Balaban J connectivity index is 1.93. The van der Waals surface area contributed by atoms with Crippen LogP contribution in [0.25, 0.3) is 0 Å². The number of likely N-dealkylation sites (tertiary alicyclic amines) is 1. The van der Waals surface area contributed by atoms with Crippen molar-refractivity contribution >= 4 is 6.09 Å². The smallest absolute Gasteiger partial charge is 0.410 e. The molecule has 1 aliphatic heterocycles. The summed E-state index contributed by atoms with van der Waals surface area (Å²) in [6.07, 6.45) is 4.75.